The molecule has 1 saturated heterocycles. The number of imidazole rings is 2. The molecular formula is C55H72Cl5N9O6. The Kier molecular flexibility index (Phi) is 25.8. The number of hydrogen-bond acceptors (Lipinski definition) is 11. The maximum Gasteiger partial charge on any atom is 0.310 e. The summed E-state index contributed by atoms with van der Waals surface area (Å²) >= 11 is 24.8. The van der Waals surface area contributed by atoms with E-state index in [0.29, 0.717) is 29.2 Å². The van der Waals surface area contributed by atoms with Crippen LogP contribution in [0.5, 0.6) is 0 Å². The molecule has 1 atom stereocenters. The van der Waals surface area contributed by atoms with Crippen LogP contribution < -0.4 is 27.0 Å². The predicted molar refractivity (Wildman–Crippen MR) is 309 cm³/mol. The molecule has 408 valence electrons. The van der Waals surface area contributed by atoms with Crippen molar-refractivity contribution in [1.82, 2.24) is 24.4 Å². The average molecular weight is 1130 g/mol. The number of esters is 2. The van der Waals surface area contributed by atoms with E-state index in [-0.39, 0.29) is 18.3 Å². The van der Waals surface area contributed by atoms with Gasteiger partial charge in [-0.3, -0.25) is 19.2 Å². The number of aliphatic carboxylic acids is 1. The van der Waals surface area contributed by atoms with Gasteiger partial charge in [0.15, 0.2) is 0 Å². The van der Waals surface area contributed by atoms with Crippen LogP contribution in [0.15, 0.2) is 72.8 Å². The van der Waals surface area contributed by atoms with Gasteiger partial charge < -0.3 is 46.0 Å². The summed E-state index contributed by atoms with van der Waals surface area (Å²) in [4.78, 5) is 48.9. The zero-order valence-electron chi connectivity index (χ0n) is 43.6. The second-order valence-electron chi connectivity index (χ2n) is 18.8. The number of carbonyl (C=O) groups is 4. The van der Waals surface area contributed by atoms with Crippen molar-refractivity contribution in [3.05, 3.63) is 105 Å². The fraction of sp³-hybridized carbons (Fsp3) is 0.455. The maximum atomic E-state index is 11.1. The van der Waals surface area contributed by atoms with Gasteiger partial charge in [-0.1, -0.05) is 109 Å². The first-order chi connectivity index (χ1) is 35.3. The second kappa shape index (κ2) is 31.1. The molecule has 15 nitrogen and oxygen atoms in total. The van der Waals surface area contributed by atoms with Crippen molar-refractivity contribution < 1.29 is 29.0 Å². The van der Waals surface area contributed by atoms with Gasteiger partial charge in [0.25, 0.3) is 5.97 Å². The molecule has 3 heterocycles. The number of benzene rings is 4. The van der Waals surface area contributed by atoms with Crippen LogP contribution in [0.25, 0.3) is 22.1 Å². The van der Waals surface area contributed by atoms with Gasteiger partial charge in [0.1, 0.15) is 11.6 Å². The normalized spacial score (nSPS) is 16.0. The number of carboxylic acid groups (broad SMARTS) is 1. The summed E-state index contributed by atoms with van der Waals surface area (Å²) < 4.78 is 8.59. The number of nitrogens with one attached hydrogen (secondary N) is 4. The molecule has 1 aliphatic heterocycles. The number of nitrogens with two attached hydrogens (primary N) is 1. The molecule has 0 radical (unpaired) electrons. The molecule has 3 saturated carbocycles. The molecule has 4 fully saturated rings. The molecule has 75 heavy (non-hydrogen) atoms. The van der Waals surface area contributed by atoms with Gasteiger partial charge in [-0.25, -0.2) is 9.97 Å². The van der Waals surface area contributed by atoms with Crippen molar-refractivity contribution in [2.45, 2.75) is 149 Å². The molecular weight excluding hydrogens is 1060 g/mol. The lowest BCUT2D eigenvalue weighted by molar-refractivity contribution is -0.156. The number of para-hydroxylation sites is 4. The minimum atomic E-state index is -0.833. The van der Waals surface area contributed by atoms with Gasteiger partial charge in [-0.05, 0) is 114 Å². The zero-order valence-corrected chi connectivity index (χ0v) is 47.5. The Bertz CT molecular complexity index is 2680. The van der Waals surface area contributed by atoms with Crippen molar-refractivity contribution in [1.29, 1.82) is 0 Å². The number of ether oxygens (including phenoxy) is 1. The minimum absolute atomic E-state index is 0. The number of aryl methyl sites for hydroxylation is 2. The van der Waals surface area contributed by atoms with Crippen LogP contribution in [0.1, 0.15) is 135 Å². The first kappa shape index (κ1) is 62.3. The summed E-state index contributed by atoms with van der Waals surface area (Å²) in [5.41, 5.74) is 13.3. The number of nitrogens with zero attached hydrogens (tertiary/aromatic N) is 4. The summed E-state index contributed by atoms with van der Waals surface area (Å²) in [5.74, 6) is 0.105. The molecule has 6 aromatic rings. The average Bonchev–Trinajstić information content (AvgIpc) is 4.20. The highest BCUT2D eigenvalue weighted by atomic mass is 35.5. The lowest BCUT2D eigenvalue weighted by Crippen LogP contribution is -2.17. The molecule has 3 aliphatic carbocycles. The lowest BCUT2D eigenvalue weighted by atomic mass is 10.2. The quantitative estimate of drug-likeness (QED) is 0.0501. The molecule has 7 N–H and O–H groups in total. The summed E-state index contributed by atoms with van der Waals surface area (Å²) in [6.07, 6.45) is 16.3. The fourth-order valence-corrected chi connectivity index (χ4v) is 10.8. The number of amides is 1. The Morgan fingerprint density at radius 1 is 0.613 bits per heavy atom. The number of halogens is 5. The van der Waals surface area contributed by atoms with E-state index in [2.05, 4.69) is 59.0 Å². The monoisotopic (exact) mass is 1130 g/mol. The lowest BCUT2D eigenvalue weighted by Gasteiger charge is -2.18. The standard InChI is InChI=1S/C13H17ClN2O.C13H15ClN2.C12H14ClN3.C11H15ClN2.C4H6O3.C2H4O2.ClH/c1-9(17)15-12-8-4-7-11(14)13(12)16-10-5-2-3-6-10;1-9-15-12-8-4-7-11(14)13(12)16(9)10-5-2-3-6-10;1-8-15-11-4-2-3-10(13)12(11)16(8)9-5-6-14-7-9;12-9-6-3-7-10(13)11(9)14-8-4-1-2-5-8;1-3(5)7-4(2)6;1-2(3)4;/h4,7-8,10,16H,2-3,5-6H2,1H3,(H,15,17);4,7-8,10H,2-3,5-6H2,1H3;2-4,9,14H,5-7H2,1H3;3,6-8,14H,1-2,4-5,13H2;1-2H3;1H3,(H,3,4);1H/t;;9-;;;;/m..1..../s1. The van der Waals surface area contributed by atoms with Crippen molar-refractivity contribution in [3.8, 4) is 0 Å². The third kappa shape index (κ3) is 19.0. The summed E-state index contributed by atoms with van der Waals surface area (Å²) in [5, 5.41) is 23.5. The summed E-state index contributed by atoms with van der Waals surface area (Å²) in [6, 6.07) is 25.2. The van der Waals surface area contributed by atoms with Crippen molar-refractivity contribution in [3.63, 3.8) is 0 Å². The van der Waals surface area contributed by atoms with Gasteiger partial charge >= 0.3 is 11.9 Å². The first-order valence-electron chi connectivity index (χ1n) is 25.3. The van der Waals surface area contributed by atoms with Crippen LogP contribution in [-0.4, -0.2) is 73.2 Å². The Morgan fingerprint density at radius 2 is 1.03 bits per heavy atom. The first-order valence-corrected chi connectivity index (χ1v) is 26.8. The van der Waals surface area contributed by atoms with Crippen molar-refractivity contribution in [2.75, 3.05) is 34.8 Å². The molecule has 0 bridgehead atoms. The highest BCUT2D eigenvalue weighted by Crippen LogP contribution is 2.37. The number of hydrogen-bond donors (Lipinski definition) is 6. The van der Waals surface area contributed by atoms with Crippen LogP contribution in [0.4, 0.5) is 22.7 Å². The number of nitrogen functional groups attached to an aromatic ring is 1. The third-order valence-corrected chi connectivity index (χ3v) is 14.1. The summed E-state index contributed by atoms with van der Waals surface area (Å²) in [7, 11) is 0. The Labute approximate surface area is 466 Å². The Hall–Kier alpha value is -5.29. The topological polar surface area (TPSA) is 208 Å². The third-order valence-electron chi connectivity index (χ3n) is 12.8. The van der Waals surface area contributed by atoms with E-state index in [1.807, 2.05) is 72.8 Å². The number of carbonyl (C=O) groups excluding carboxylic acids is 3. The molecule has 10 rings (SSSR count). The largest absolute Gasteiger partial charge is 0.481 e. The number of carboxylic acids is 1. The maximum absolute atomic E-state index is 11.1. The van der Waals surface area contributed by atoms with E-state index in [1.165, 1.54) is 97.8 Å². The van der Waals surface area contributed by atoms with Crippen LogP contribution in [0, 0.1) is 13.8 Å². The van der Waals surface area contributed by atoms with E-state index < -0.39 is 17.9 Å². The van der Waals surface area contributed by atoms with Crippen LogP contribution in [0.2, 0.25) is 20.1 Å². The van der Waals surface area contributed by atoms with Crippen LogP contribution in [-0.2, 0) is 23.9 Å². The highest BCUT2D eigenvalue weighted by molar-refractivity contribution is 6.36. The Balaban J connectivity index is 0.000000202. The van der Waals surface area contributed by atoms with Crippen molar-refractivity contribution >= 4 is 127 Å². The highest BCUT2D eigenvalue weighted by Gasteiger charge is 2.24. The van der Waals surface area contributed by atoms with Gasteiger partial charge in [-0.15, -0.1) is 12.4 Å². The van der Waals surface area contributed by atoms with Gasteiger partial charge in [0.05, 0.1) is 64.9 Å². The molecule has 0 unspecified atom stereocenters. The molecule has 0 spiro atoms. The van der Waals surface area contributed by atoms with Gasteiger partial charge in [0.2, 0.25) is 5.91 Å². The molecule has 4 aliphatic rings. The van der Waals surface area contributed by atoms with E-state index in [1.54, 1.807) is 0 Å². The molecule has 20 heteroatoms. The van der Waals surface area contributed by atoms with Crippen molar-refractivity contribution in [2.24, 2.45) is 0 Å². The van der Waals surface area contributed by atoms with E-state index >= 15 is 0 Å². The van der Waals surface area contributed by atoms with Crippen LogP contribution >= 0.6 is 58.8 Å². The number of anilines is 4. The zero-order chi connectivity index (χ0) is 53.9. The molecule has 2 aromatic heterocycles. The van der Waals surface area contributed by atoms with E-state index in [0.717, 1.165) is 98.0 Å². The van der Waals surface area contributed by atoms with Gasteiger partial charge in [0, 0.05) is 58.4 Å². The van der Waals surface area contributed by atoms with E-state index in [9.17, 15) is 14.4 Å². The minimum Gasteiger partial charge on any atom is -0.481 e. The number of aromatic nitrogens is 4. The molecule has 1 amide bonds. The number of fused-ring (bicyclic) bond motifs is 2. The smallest absolute Gasteiger partial charge is 0.310 e. The fourth-order valence-electron chi connectivity index (χ4n) is 9.77. The van der Waals surface area contributed by atoms with E-state index in [4.69, 9.17) is 62.0 Å². The number of rotatable bonds is 7. The SMILES string of the molecule is CC(=O)Nc1cccc(Cl)c1NC1CCCC1.CC(=O)O.CC(=O)OC(C)=O.Cc1nc2cccc(Cl)c2n1C1CCCC1.Cc1nc2cccc(Cl)c2n1[C@@H]1CCNC1.Cl.Nc1cccc(Cl)c1NC1CCCC1. The predicted octanol–water partition coefficient (Wildman–Crippen LogP) is 14.2. The van der Waals surface area contributed by atoms with Crippen LogP contribution in [0.3, 0.4) is 0 Å². The second-order valence-corrected chi connectivity index (χ2v) is 20.4. The Morgan fingerprint density at radius 3 is 1.45 bits per heavy atom. The van der Waals surface area contributed by atoms with Gasteiger partial charge in [-0.2, -0.15) is 0 Å². The summed E-state index contributed by atoms with van der Waals surface area (Å²) in [6.45, 7) is 11.2. The molecule has 4 aromatic carbocycles.